The molecule has 0 amide bonds. The zero-order valence-corrected chi connectivity index (χ0v) is 12.5. The van der Waals surface area contributed by atoms with Gasteiger partial charge in [0.15, 0.2) is 5.82 Å². The molecule has 0 radical (unpaired) electrons. The van der Waals surface area contributed by atoms with E-state index < -0.39 is 5.97 Å². The molecule has 6 nitrogen and oxygen atoms in total. The van der Waals surface area contributed by atoms with Gasteiger partial charge in [-0.05, 0) is 31.5 Å². The first kappa shape index (κ1) is 14.1. The zero-order valence-electron chi connectivity index (χ0n) is 11.7. The highest BCUT2D eigenvalue weighted by Crippen LogP contribution is 2.35. The second-order valence-electron chi connectivity index (χ2n) is 5.15. The van der Waals surface area contributed by atoms with E-state index >= 15 is 0 Å². The van der Waals surface area contributed by atoms with Crippen LogP contribution in [-0.2, 0) is 4.74 Å². The van der Waals surface area contributed by atoms with Crippen molar-refractivity contribution in [3.63, 3.8) is 0 Å². The molecule has 0 aromatic carbocycles. The van der Waals surface area contributed by atoms with E-state index in [0.29, 0.717) is 17.5 Å². The molecule has 1 aromatic heterocycles. The van der Waals surface area contributed by atoms with Crippen LogP contribution in [0.5, 0.6) is 0 Å². The first-order chi connectivity index (χ1) is 8.95. The Kier molecular flexibility index (Phi) is 3.96. The molecular formula is C12H20N4O2S. The van der Waals surface area contributed by atoms with E-state index in [1.807, 2.05) is 0 Å². The van der Waals surface area contributed by atoms with Crippen molar-refractivity contribution in [2.24, 2.45) is 5.92 Å². The van der Waals surface area contributed by atoms with E-state index in [0.717, 1.165) is 18.1 Å². The van der Waals surface area contributed by atoms with Crippen LogP contribution < -0.4 is 10.6 Å². The Balaban J connectivity index is 2.27. The lowest BCUT2D eigenvalue weighted by Gasteiger charge is -2.22. The Labute approximate surface area is 117 Å². The van der Waals surface area contributed by atoms with Gasteiger partial charge in [-0.25, -0.2) is 4.79 Å². The van der Waals surface area contributed by atoms with Crippen molar-refractivity contribution in [1.29, 1.82) is 0 Å². The molecule has 106 valence electrons. The summed E-state index contributed by atoms with van der Waals surface area (Å²) in [6, 6.07) is 0.467. The Morgan fingerprint density at radius 3 is 2.74 bits per heavy atom. The van der Waals surface area contributed by atoms with Gasteiger partial charge in [0.2, 0.25) is 0 Å². The van der Waals surface area contributed by atoms with Crippen molar-refractivity contribution in [2.45, 2.75) is 13.0 Å². The molecule has 0 aliphatic carbocycles. The highest BCUT2D eigenvalue weighted by molar-refractivity contribution is 7.11. The number of hydrogen-bond acceptors (Lipinski definition) is 7. The maximum absolute atomic E-state index is 11.8. The molecule has 2 N–H and O–H groups in total. The fraction of sp³-hybridized carbons (Fsp3) is 0.667. The number of carbonyl (C=O) groups is 1. The minimum Gasteiger partial charge on any atom is -0.465 e. The van der Waals surface area contributed by atoms with E-state index in [1.165, 1.54) is 18.6 Å². The number of aromatic nitrogens is 1. The number of nitrogen functional groups attached to an aromatic ring is 1. The van der Waals surface area contributed by atoms with Crippen molar-refractivity contribution in [2.75, 3.05) is 44.9 Å². The van der Waals surface area contributed by atoms with Crippen LogP contribution in [0, 0.1) is 5.92 Å². The number of likely N-dealkylation sites (N-methyl/N-ethyl adjacent to an activating group) is 1. The molecule has 1 aromatic rings. The van der Waals surface area contributed by atoms with E-state index in [9.17, 15) is 4.79 Å². The van der Waals surface area contributed by atoms with Crippen molar-refractivity contribution < 1.29 is 9.53 Å². The molecule has 0 saturated carbocycles. The van der Waals surface area contributed by atoms with Crippen LogP contribution in [0.15, 0.2) is 0 Å². The quantitative estimate of drug-likeness (QED) is 0.832. The summed E-state index contributed by atoms with van der Waals surface area (Å²) in [4.78, 5) is 16.2. The number of ether oxygens (including phenoxy) is 1. The summed E-state index contributed by atoms with van der Waals surface area (Å²) in [6.07, 6.45) is 0. The van der Waals surface area contributed by atoms with E-state index in [4.69, 9.17) is 10.5 Å². The third-order valence-electron chi connectivity index (χ3n) is 3.61. The molecule has 7 heteroatoms. The summed E-state index contributed by atoms with van der Waals surface area (Å²) in [5.74, 6) is 0.374. The van der Waals surface area contributed by atoms with Crippen LogP contribution in [0.3, 0.4) is 0 Å². The Morgan fingerprint density at radius 1 is 1.53 bits per heavy atom. The highest BCUT2D eigenvalue weighted by atomic mass is 32.1. The largest absolute Gasteiger partial charge is 0.465 e. The third-order valence-corrected chi connectivity index (χ3v) is 4.54. The number of nitrogens with two attached hydrogens (primary N) is 1. The molecule has 2 heterocycles. The van der Waals surface area contributed by atoms with Crippen LogP contribution in [0.4, 0.5) is 10.8 Å². The molecule has 1 aliphatic rings. The molecule has 0 bridgehead atoms. The Morgan fingerprint density at radius 2 is 2.21 bits per heavy atom. The van der Waals surface area contributed by atoms with Crippen molar-refractivity contribution in [3.05, 3.63) is 5.56 Å². The molecule has 1 fully saturated rings. The lowest BCUT2D eigenvalue weighted by atomic mass is 10.1. The number of rotatable bonds is 3. The minimum atomic E-state index is -0.415. The number of methoxy groups -OCH3 is 1. The summed E-state index contributed by atoms with van der Waals surface area (Å²) in [6.45, 7) is 3.99. The van der Waals surface area contributed by atoms with Crippen LogP contribution in [0.25, 0.3) is 0 Å². The number of anilines is 2. The maximum atomic E-state index is 11.8. The van der Waals surface area contributed by atoms with E-state index in [2.05, 4.69) is 35.2 Å². The molecule has 2 rings (SSSR count). The molecule has 2 unspecified atom stereocenters. The molecule has 1 saturated heterocycles. The topological polar surface area (TPSA) is 71.7 Å². The second kappa shape index (κ2) is 5.34. The summed E-state index contributed by atoms with van der Waals surface area (Å²) >= 11 is 1.26. The predicted molar refractivity (Wildman–Crippen MR) is 76.7 cm³/mol. The Bertz CT molecular complexity index is 474. The maximum Gasteiger partial charge on any atom is 0.344 e. The van der Waals surface area contributed by atoms with Gasteiger partial charge in [0.05, 0.1) is 7.11 Å². The van der Waals surface area contributed by atoms with Gasteiger partial charge >= 0.3 is 5.97 Å². The summed E-state index contributed by atoms with van der Waals surface area (Å²) in [7, 11) is 5.51. The number of esters is 1. The van der Waals surface area contributed by atoms with Crippen molar-refractivity contribution in [3.8, 4) is 0 Å². The van der Waals surface area contributed by atoms with Crippen LogP contribution in [0.1, 0.15) is 17.3 Å². The summed E-state index contributed by atoms with van der Waals surface area (Å²) < 4.78 is 8.88. The monoisotopic (exact) mass is 284 g/mol. The summed E-state index contributed by atoms with van der Waals surface area (Å²) in [5, 5.41) is 0.820. The molecule has 0 spiro atoms. The van der Waals surface area contributed by atoms with Gasteiger partial charge in [0.25, 0.3) is 0 Å². The smallest absolute Gasteiger partial charge is 0.344 e. The van der Waals surface area contributed by atoms with Gasteiger partial charge in [-0.1, -0.05) is 6.92 Å². The average Bonchev–Trinajstić information content (AvgIpc) is 2.91. The Hall–Kier alpha value is -1.34. The van der Waals surface area contributed by atoms with E-state index in [-0.39, 0.29) is 5.82 Å². The van der Waals surface area contributed by atoms with Gasteiger partial charge in [-0.15, -0.1) is 0 Å². The first-order valence-electron chi connectivity index (χ1n) is 6.20. The fourth-order valence-corrected chi connectivity index (χ4v) is 3.41. The summed E-state index contributed by atoms with van der Waals surface area (Å²) in [5.41, 5.74) is 6.18. The average molecular weight is 284 g/mol. The van der Waals surface area contributed by atoms with Gasteiger partial charge in [-0.2, -0.15) is 4.37 Å². The van der Waals surface area contributed by atoms with Gasteiger partial charge in [0, 0.05) is 19.1 Å². The van der Waals surface area contributed by atoms with Gasteiger partial charge in [0.1, 0.15) is 10.6 Å². The predicted octanol–water partition coefficient (Wildman–Crippen LogP) is 0.898. The first-order valence-corrected chi connectivity index (χ1v) is 6.97. The van der Waals surface area contributed by atoms with Gasteiger partial charge < -0.3 is 20.3 Å². The molecule has 2 atom stereocenters. The van der Waals surface area contributed by atoms with Crippen molar-refractivity contribution in [1.82, 2.24) is 9.27 Å². The zero-order chi connectivity index (χ0) is 14.2. The molecular weight excluding hydrogens is 264 g/mol. The van der Waals surface area contributed by atoms with Crippen LogP contribution >= 0.6 is 11.5 Å². The lowest BCUT2D eigenvalue weighted by Crippen LogP contribution is -2.34. The minimum absolute atomic E-state index is 0.257. The fourth-order valence-electron chi connectivity index (χ4n) is 2.59. The number of carbonyl (C=O) groups excluding carboxylic acids is 1. The van der Waals surface area contributed by atoms with Gasteiger partial charge in [-0.3, -0.25) is 0 Å². The van der Waals surface area contributed by atoms with E-state index in [1.54, 1.807) is 0 Å². The highest BCUT2D eigenvalue weighted by Gasteiger charge is 2.34. The number of hydrogen-bond donors (Lipinski definition) is 1. The normalized spacial score (nSPS) is 23.1. The molecule has 1 aliphatic heterocycles. The standard InChI is InChI=1S/C12H20N4O2S/c1-7-5-16(6-8(7)15(2)3)11-9(12(17)18-4)10(13)14-19-11/h7-8H,5-6H2,1-4H3,(H2,13,14). The number of nitrogens with zero attached hydrogens (tertiary/aromatic N) is 3. The van der Waals surface area contributed by atoms with Crippen molar-refractivity contribution >= 4 is 28.3 Å². The lowest BCUT2D eigenvalue weighted by molar-refractivity contribution is 0.0603. The van der Waals surface area contributed by atoms with Crippen LogP contribution in [-0.4, -0.2) is 55.6 Å². The van der Waals surface area contributed by atoms with Crippen LogP contribution in [0.2, 0.25) is 0 Å². The second-order valence-corrected chi connectivity index (χ2v) is 5.90. The SMILES string of the molecule is COC(=O)c1c(N)nsc1N1CC(C)C(N(C)C)C1. The third kappa shape index (κ3) is 2.52. The molecule has 19 heavy (non-hydrogen) atoms.